The Labute approximate surface area is 80.1 Å². The molecule has 1 saturated heterocycles. The van der Waals surface area contributed by atoms with E-state index >= 15 is 0 Å². The summed E-state index contributed by atoms with van der Waals surface area (Å²) in [6.07, 6.45) is -1.47. The maximum absolute atomic E-state index is 11.1. The van der Waals surface area contributed by atoms with E-state index in [1.807, 2.05) is 0 Å². The summed E-state index contributed by atoms with van der Waals surface area (Å²) in [6, 6.07) is 0. The average Bonchev–Trinajstić information content (AvgIpc) is 2.02. The molecule has 6 heteroatoms. The molecule has 0 radical (unpaired) electrons. The summed E-state index contributed by atoms with van der Waals surface area (Å²) in [4.78, 5) is 33.5. The second-order valence-corrected chi connectivity index (χ2v) is 3.48. The van der Waals surface area contributed by atoms with Gasteiger partial charge in [0.05, 0.1) is 0 Å². The van der Waals surface area contributed by atoms with E-state index in [9.17, 15) is 14.4 Å². The molecule has 1 heterocycles. The van der Waals surface area contributed by atoms with Crippen LogP contribution < -0.4 is 0 Å². The SMILES string of the molecule is CC1(C(=O)O)CC(=O)CCN1C(=O)O. The van der Waals surface area contributed by atoms with Gasteiger partial charge in [-0.25, -0.2) is 9.59 Å². The van der Waals surface area contributed by atoms with Crippen LogP contribution in [0.2, 0.25) is 0 Å². The Hall–Kier alpha value is -1.59. The van der Waals surface area contributed by atoms with Crippen molar-refractivity contribution < 1.29 is 24.6 Å². The molecule has 2 N–H and O–H groups in total. The minimum absolute atomic E-state index is 0.0447. The van der Waals surface area contributed by atoms with E-state index < -0.39 is 17.6 Å². The Balaban J connectivity index is 3.00. The molecule has 6 nitrogen and oxygen atoms in total. The summed E-state index contributed by atoms with van der Waals surface area (Å²) in [5.74, 6) is -1.50. The van der Waals surface area contributed by atoms with Crippen LogP contribution in [-0.2, 0) is 9.59 Å². The van der Waals surface area contributed by atoms with Gasteiger partial charge in [-0.2, -0.15) is 0 Å². The summed E-state index contributed by atoms with van der Waals surface area (Å²) < 4.78 is 0. The summed E-state index contributed by atoms with van der Waals surface area (Å²) in [5.41, 5.74) is -1.61. The van der Waals surface area contributed by atoms with Crippen LogP contribution in [0.3, 0.4) is 0 Å². The van der Waals surface area contributed by atoms with Gasteiger partial charge in [0.2, 0.25) is 0 Å². The third kappa shape index (κ3) is 1.55. The fourth-order valence-corrected chi connectivity index (χ4v) is 1.55. The number of piperidine rings is 1. The molecule has 1 amide bonds. The van der Waals surface area contributed by atoms with Crippen molar-refractivity contribution >= 4 is 17.8 Å². The molecule has 78 valence electrons. The molecule has 1 fully saturated rings. The minimum Gasteiger partial charge on any atom is -0.479 e. The molecule has 0 aromatic rings. The van der Waals surface area contributed by atoms with Crippen molar-refractivity contribution in [3.05, 3.63) is 0 Å². The van der Waals surface area contributed by atoms with Gasteiger partial charge < -0.3 is 10.2 Å². The first kappa shape index (κ1) is 10.5. The van der Waals surface area contributed by atoms with Crippen molar-refractivity contribution in [3.8, 4) is 0 Å². The number of carbonyl (C=O) groups is 3. The van der Waals surface area contributed by atoms with Gasteiger partial charge in [-0.3, -0.25) is 9.69 Å². The van der Waals surface area contributed by atoms with Crippen LogP contribution in [-0.4, -0.2) is 45.0 Å². The number of nitrogens with zero attached hydrogens (tertiary/aromatic N) is 1. The maximum atomic E-state index is 11.1. The monoisotopic (exact) mass is 201 g/mol. The second-order valence-electron chi connectivity index (χ2n) is 3.48. The van der Waals surface area contributed by atoms with Gasteiger partial charge >= 0.3 is 12.1 Å². The van der Waals surface area contributed by atoms with E-state index in [4.69, 9.17) is 10.2 Å². The number of likely N-dealkylation sites (tertiary alicyclic amines) is 1. The third-order valence-electron chi connectivity index (χ3n) is 2.44. The van der Waals surface area contributed by atoms with Gasteiger partial charge in [0, 0.05) is 19.4 Å². The number of amides is 1. The van der Waals surface area contributed by atoms with Gasteiger partial charge in [-0.05, 0) is 6.92 Å². The molecule has 1 aliphatic rings. The smallest absolute Gasteiger partial charge is 0.408 e. The topological polar surface area (TPSA) is 94.9 Å². The van der Waals surface area contributed by atoms with Crippen LogP contribution in [0.4, 0.5) is 4.79 Å². The summed E-state index contributed by atoms with van der Waals surface area (Å²) >= 11 is 0. The van der Waals surface area contributed by atoms with Crippen LogP contribution in [0.15, 0.2) is 0 Å². The zero-order chi connectivity index (χ0) is 10.9. The maximum Gasteiger partial charge on any atom is 0.408 e. The van der Waals surface area contributed by atoms with Crippen molar-refractivity contribution in [2.24, 2.45) is 0 Å². The summed E-state index contributed by atoms with van der Waals surface area (Å²) in [6.45, 7) is 1.21. The number of carbonyl (C=O) groups excluding carboxylic acids is 1. The first-order valence-electron chi connectivity index (χ1n) is 4.13. The van der Waals surface area contributed by atoms with Crippen LogP contribution in [0.5, 0.6) is 0 Å². The molecule has 0 aromatic heterocycles. The van der Waals surface area contributed by atoms with Crippen molar-refractivity contribution in [1.82, 2.24) is 4.90 Å². The molecule has 1 rings (SSSR count). The van der Waals surface area contributed by atoms with E-state index in [-0.39, 0.29) is 25.2 Å². The first-order chi connectivity index (χ1) is 6.38. The first-order valence-corrected chi connectivity index (χ1v) is 4.13. The normalized spacial score (nSPS) is 27.5. The standard InChI is InChI=1S/C8H11NO5/c1-8(6(11)12)4-5(10)2-3-9(8)7(13)14/h2-4H2,1H3,(H,11,12)(H,13,14). The molecule has 0 saturated carbocycles. The predicted molar refractivity (Wildman–Crippen MR) is 45.0 cm³/mol. The highest BCUT2D eigenvalue weighted by molar-refractivity contribution is 5.93. The highest BCUT2D eigenvalue weighted by Gasteiger charge is 2.46. The van der Waals surface area contributed by atoms with Gasteiger partial charge in [0.25, 0.3) is 0 Å². The van der Waals surface area contributed by atoms with Gasteiger partial charge in [0.1, 0.15) is 11.3 Å². The molecule has 1 aliphatic heterocycles. The Morgan fingerprint density at radius 3 is 2.43 bits per heavy atom. The van der Waals surface area contributed by atoms with E-state index in [2.05, 4.69) is 0 Å². The number of carboxylic acids is 1. The van der Waals surface area contributed by atoms with Gasteiger partial charge in [-0.1, -0.05) is 0 Å². The summed E-state index contributed by atoms with van der Waals surface area (Å²) in [7, 11) is 0. The minimum atomic E-state index is -1.61. The number of hydrogen-bond acceptors (Lipinski definition) is 3. The molecule has 0 aromatic carbocycles. The Kier molecular flexibility index (Phi) is 2.46. The highest BCUT2D eigenvalue weighted by Crippen LogP contribution is 2.26. The van der Waals surface area contributed by atoms with Crippen molar-refractivity contribution in [1.29, 1.82) is 0 Å². The fourth-order valence-electron chi connectivity index (χ4n) is 1.55. The molecular formula is C8H11NO5. The van der Waals surface area contributed by atoms with Crippen LogP contribution in [0, 0.1) is 0 Å². The lowest BCUT2D eigenvalue weighted by Crippen LogP contribution is -2.59. The predicted octanol–water partition coefficient (Wildman–Crippen LogP) is 0.173. The van der Waals surface area contributed by atoms with E-state index in [0.717, 1.165) is 4.90 Å². The second kappa shape index (κ2) is 3.28. The van der Waals surface area contributed by atoms with Crippen molar-refractivity contribution in [2.75, 3.05) is 6.54 Å². The third-order valence-corrected chi connectivity index (χ3v) is 2.44. The van der Waals surface area contributed by atoms with Crippen LogP contribution >= 0.6 is 0 Å². The number of ketones is 1. The van der Waals surface area contributed by atoms with Gasteiger partial charge in [-0.15, -0.1) is 0 Å². The molecule has 1 atom stereocenters. The largest absolute Gasteiger partial charge is 0.479 e. The number of Topliss-reactive ketones (excluding diaryl/α,β-unsaturated/α-hetero) is 1. The zero-order valence-corrected chi connectivity index (χ0v) is 7.69. The Morgan fingerprint density at radius 2 is 2.00 bits per heavy atom. The molecule has 14 heavy (non-hydrogen) atoms. The lowest BCUT2D eigenvalue weighted by molar-refractivity contribution is -0.154. The zero-order valence-electron chi connectivity index (χ0n) is 7.69. The lowest BCUT2D eigenvalue weighted by Gasteiger charge is -2.38. The molecule has 1 unspecified atom stereocenters. The number of aliphatic carboxylic acids is 1. The molecule has 0 aliphatic carbocycles. The van der Waals surface area contributed by atoms with Crippen molar-refractivity contribution in [3.63, 3.8) is 0 Å². The quantitative estimate of drug-likeness (QED) is 0.630. The number of carboxylic acid groups (broad SMARTS) is 2. The van der Waals surface area contributed by atoms with Gasteiger partial charge in [0.15, 0.2) is 0 Å². The van der Waals surface area contributed by atoms with E-state index in [1.165, 1.54) is 6.92 Å². The Bertz CT molecular complexity index is 300. The lowest BCUT2D eigenvalue weighted by atomic mass is 9.88. The molecule has 0 spiro atoms. The van der Waals surface area contributed by atoms with E-state index in [1.54, 1.807) is 0 Å². The average molecular weight is 201 g/mol. The summed E-state index contributed by atoms with van der Waals surface area (Å²) in [5, 5.41) is 17.6. The highest BCUT2D eigenvalue weighted by atomic mass is 16.4. The van der Waals surface area contributed by atoms with Crippen LogP contribution in [0.25, 0.3) is 0 Å². The number of hydrogen-bond donors (Lipinski definition) is 2. The fraction of sp³-hybridized carbons (Fsp3) is 0.625. The molecular weight excluding hydrogens is 190 g/mol. The Morgan fingerprint density at radius 1 is 1.43 bits per heavy atom. The van der Waals surface area contributed by atoms with E-state index in [0.29, 0.717) is 0 Å². The van der Waals surface area contributed by atoms with Crippen molar-refractivity contribution in [2.45, 2.75) is 25.3 Å². The van der Waals surface area contributed by atoms with Crippen LogP contribution in [0.1, 0.15) is 19.8 Å². The molecule has 0 bridgehead atoms. The number of rotatable bonds is 1.